The van der Waals surface area contributed by atoms with Crippen molar-refractivity contribution in [2.75, 3.05) is 5.73 Å². The number of hydrogen-bond donors (Lipinski definition) is 1. The average Bonchev–Trinajstić information content (AvgIpc) is 2.78. The molecular formula is C7H7N5O2S. The Balaban J connectivity index is 2.27. The largest absolute Gasteiger partial charge is 0.378 e. The van der Waals surface area contributed by atoms with E-state index < -0.39 is 4.92 Å². The molecule has 0 amide bonds. The summed E-state index contributed by atoms with van der Waals surface area (Å²) in [5, 5.41) is 14.3. The summed E-state index contributed by atoms with van der Waals surface area (Å²) in [6.07, 6.45) is 2.83. The highest BCUT2D eigenvalue weighted by molar-refractivity contribution is 7.09. The van der Waals surface area contributed by atoms with Crippen LogP contribution in [0.25, 0.3) is 0 Å². The molecule has 8 heteroatoms. The van der Waals surface area contributed by atoms with Crippen molar-refractivity contribution < 1.29 is 4.92 Å². The van der Waals surface area contributed by atoms with Crippen LogP contribution in [0.1, 0.15) is 4.88 Å². The zero-order valence-electron chi connectivity index (χ0n) is 7.53. The maximum atomic E-state index is 10.5. The van der Waals surface area contributed by atoms with Crippen LogP contribution in [0.4, 0.5) is 11.5 Å². The van der Waals surface area contributed by atoms with E-state index in [9.17, 15) is 10.1 Å². The van der Waals surface area contributed by atoms with Gasteiger partial charge in [-0.1, -0.05) is 0 Å². The smallest absolute Gasteiger partial charge is 0.330 e. The van der Waals surface area contributed by atoms with Gasteiger partial charge < -0.3 is 5.73 Å². The van der Waals surface area contributed by atoms with Crippen molar-refractivity contribution in [3.63, 3.8) is 0 Å². The fourth-order valence-corrected chi connectivity index (χ4v) is 1.70. The third kappa shape index (κ3) is 1.79. The van der Waals surface area contributed by atoms with Crippen LogP contribution in [0, 0.1) is 10.1 Å². The molecule has 0 radical (unpaired) electrons. The van der Waals surface area contributed by atoms with Crippen LogP contribution in [0.15, 0.2) is 17.9 Å². The minimum Gasteiger partial charge on any atom is -0.378 e. The standard InChI is InChI=1S/C7H7N5O2S/c8-7-6(12(13)14)2-10-11(7)3-5-1-9-4-15-5/h1-2,4H,3,8H2. The fourth-order valence-electron chi connectivity index (χ4n) is 1.12. The summed E-state index contributed by atoms with van der Waals surface area (Å²) in [6.45, 7) is 0.407. The lowest BCUT2D eigenvalue weighted by Gasteiger charge is -1.99. The molecule has 2 N–H and O–H groups in total. The van der Waals surface area contributed by atoms with E-state index in [0.717, 1.165) is 11.1 Å². The summed E-state index contributed by atoms with van der Waals surface area (Å²) in [6, 6.07) is 0. The van der Waals surface area contributed by atoms with Gasteiger partial charge in [-0.3, -0.25) is 15.1 Å². The Labute approximate surface area is 88.3 Å². The quantitative estimate of drug-likeness (QED) is 0.617. The first-order valence-electron chi connectivity index (χ1n) is 4.01. The van der Waals surface area contributed by atoms with Gasteiger partial charge in [-0.25, -0.2) is 4.68 Å². The molecule has 2 aromatic rings. The van der Waals surface area contributed by atoms with E-state index in [1.165, 1.54) is 16.0 Å². The summed E-state index contributed by atoms with van der Waals surface area (Å²) in [4.78, 5) is 14.8. The maximum Gasteiger partial charge on any atom is 0.330 e. The van der Waals surface area contributed by atoms with E-state index in [1.807, 2.05) is 0 Å². The summed E-state index contributed by atoms with van der Waals surface area (Å²) in [5.74, 6) is 0.0633. The van der Waals surface area contributed by atoms with Crippen molar-refractivity contribution >= 4 is 22.8 Å². The van der Waals surface area contributed by atoms with Crippen LogP contribution in [-0.2, 0) is 6.54 Å². The Morgan fingerprint density at radius 1 is 1.60 bits per heavy atom. The highest BCUT2D eigenvalue weighted by atomic mass is 32.1. The third-order valence-corrected chi connectivity index (χ3v) is 2.61. The average molecular weight is 225 g/mol. The third-order valence-electron chi connectivity index (χ3n) is 1.85. The number of nitrogen functional groups attached to an aromatic ring is 1. The van der Waals surface area contributed by atoms with Gasteiger partial charge in [-0.15, -0.1) is 11.3 Å². The normalized spacial score (nSPS) is 10.4. The first-order valence-corrected chi connectivity index (χ1v) is 4.89. The number of nitrogens with zero attached hydrogens (tertiary/aromatic N) is 4. The van der Waals surface area contributed by atoms with Crippen LogP contribution in [0.2, 0.25) is 0 Å². The second kappa shape index (κ2) is 3.65. The number of rotatable bonds is 3. The number of hydrogen-bond acceptors (Lipinski definition) is 6. The molecular weight excluding hydrogens is 218 g/mol. The number of anilines is 1. The molecule has 2 rings (SSSR count). The Morgan fingerprint density at radius 2 is 2.40 bits per heavy atom. The Hall–Kier alpha value is -1.96. The molecule has 0 aliphatic rings. The van der Waals surface area contributed by atoms with Gasteiger partial charge in [0.25, 0.3) is 0 Å². The van der Waals surface area contributed by atoms with Crippen LogP contribution in [-0.4, -0.2) is 19.7 Å². The van der Waals surface area contributed by atoms with E-state index >= 15 is 0 Å². The number of nitro groups is 1. The minimum atomic E-state index is -0.550. The van der Waals surface area contributed by atoms with Crippen LogP contribution >= 0.6 is 11.3 Å². The predicted molar refractivity (Wildman–Crippen MR) is 54.5 cm³/mol. The van der Waals surface area contributed by atoms with Crippen molar-refractivity contribution in [2.24, 2.45) is 0 Å². The topological polar surface area (TPSA) is 99.9 Å². The maximum absolute atomic E-state index is 10.5. The molecule has 0 saturated heterocycles. The highest BCUT2D eigenvalue weighted by Gasteiger charge is 2.17. The van der Waals surface area contributed by atoms with Gasteiger partial charge in [-0.2, -0.15) is 5.10 Å². The van der Waals surface area contributed by atoms with Gasteiger partial charge in [0.2, 0.25) is 5.82 Å². The number of thiazole rings is 1. The number of nitrogens with two attached hydrogens (primary N) is 1. The molecule has 0 fully saturated rings. The Bertz CT molecular complexity index is 478. The Morgan fingerprint density at radius 3 is 2.93 bits per heavy atom. The zero-order chi connectivity index (χ0) is 10.8. The van der Waals surface area contributed by atoms with Crippen LogP contribution in [0.3, 0.4) is 0 Å². The summed E-state index contributed by atoms with van der Waals surface area (Å²) < 4.78 is 1.38. The lowest BCUT2D eigenvalue weighted by atomic mass is 10.5. The highest BCUT2D eigenvalue weighted by Crippen LogP contribution is 2.21. The summed E-state index contributed by atoms with van der Waals surface area (Å²) in [5.41, 5.74) is 7.08. The van der Waals surface area contributed by atoms with Gasteiger partial charge in [0, 0.05) is 11.1 Å². The van der Waals surface area contributed by atoms with Gasteiger partial charge in [0.15, 0.2) is 0 Å². The van der Waals surface area contributed by atoms with Crippen molar-refractivity contribution in [3.05, 3.63) is 32.9 Å². The van der Waals surface area contributed by atoms with Gasteiger partial charge in [-0.05, 0) is 0 Å². The van der Waals surface area contributed by atoms with Crippen LogP contribution in [0.5, 0.6) is 0 Å². The molecule has 15 heavy (non-hydrogen) atoms. The second-order valence-electron chi connectivity index (χ2n) is 2.80. The van der Waals surface area contributed by atoms with Crippen molar-refractivity contribution in [1.82, 2.24) is 14.8 Å². The Kier molecular flexibility index (Phi) is 2.34. The van der Waals surface area contributed by atoms with E-state index in [2.05, 4.69) is 10.1 Å². The van der Waals surface area contributed by atoms with Crippen molar-refractivity contribution in [2.45, 2.75) is 6.54 Å². The first-order chi connectivity index (χ1) is 7.18. The minimum absolute atomic E-state index is 0.0633. The molecule has 0 bridgehead atoms. The fraction of sp³-hybridized carbons (Fsp3) is 0.143. The van der Waals surface area contributed by atoms with Crippen LogP contribution < -0.4 is 5.73 Å². The molecule has 0 atom stereocenters. The molecule has 0 unspecified atom stereocenters. The lowest BCUT2D eigenvalue weighted by Crippen LogP contribution is -2.05. The van der Waals surface area contributed by atoms with Gasteiger partial charge in [0.1, 0.15) is 6.20 Å². The molecule has 2 heterocycles. The summed E-state index contributed by atoms with van der Waals surface area (Å²) >= 11 is 1.45. The van der Waals surface area contributed by atoms with Crippen molar-refractivity contribution in [3.8, 4) is 0 Å². The van der Waals surface area contributed by atoms with E-state index in [1.54, 1.807) is 11.7 Å². The van der Waals surface area contributed by atoms with Gasteiger partial charge in [0.05, 0.1) is 17.0 Å². The molecule has 7 nitrogen and oxygen atoms in total. The van der Waals surface area contributed by atoms with Crippen molar-refractivity contribution in [1.29, 1.82) is 0 Å². The first kappa shape index (κ1) is 9.59. The zero-order valence-corrected chi connectivity index (χ0v) is 8.35. The molecule has 0 aromatic carbocycles. The monoisotopic (exact) mass is 225 g/mol. The van der Waals surface area contributed by atoms with Gasteiger partial charge >= 0.3 is 5.69 Å². The predicted octanol–water partition coefficient (Wildman–Crippen LogP) is 0.878. The molecule has 2 aromatic heterocycles. The second-order valence-corrected chi connectivity index (χ2v) is 3.77. The number of aromatic nitrogens is 3. The summed E-state index contributed by atoms with van der Waals surface area (Å²) in [7, 11) is 0. The molecule has 0 saturated carbocycles. The lowest BCUT2D eigenvalue weighted by molar-refractivity contribution is -0.384. The SMILES string of the molecule is Nc1c([N+](=O)[O-])cnn1Cc1cncs1. The molecule has 78 valence electrons. The molecule has 0 spiro atoms. The molecule has 0 aliphatic heterocycles. The van der Waals surface area contributed by atoms with E-state index in [4.69, 9.17) is 5.73 Å². The van der Waals surface area contributed by atoms with E-state index in [0.29, 0.717) is 6.54 Å². The molecule has 0 aliphatic carbocycles. The van der Waals surface area contributed by atoms with E-state index in [-0.39, 0.29) is 11.5 Å².